The molecule has 0 atom stereocenters. The molecule has 0 radical (unpaired) electrons. The van der Waals surface area contributed by atoms with Gasteiger partial charge in [0.2, 0.25) is 0 Å². The molecule has 0 aliphatic carbocycles. The Hall–Kier alpha value is -2.81. The van der Waals surface area contributed by atoms with E-state index in [9.17, 15) is 0 Å². The number of fused-ring (bicyclic) bond motifs is 1. The molecule has 1 N–H and O–H groups in total. The second-order valence-corrected chi connectivity index (χ2v) is 7.70. The van der Waals surface area contributed by atoms with Gasteiger partial charge in [-0.05, 0) is 47.0 Å². The number of rotatable bonds is 7. The van der Waals surface area contributed by atoms with Crippen molar-refractivity contribution < 1.29 is 4.74 Å². The highest BCUT2D eigenvalue weighted by atomic mass is 35.5. The highest BCUT2D eigenvalue weighted by Gasteiger charge is 2.09. The van der Waals surface area contributed by atoms with Crippen molar-refractivity contribution in [2.24, 2.45) is 0 Å². The summed E-state index contributed by atoms with van der Waals surface area (Å²) in [6.07, 6.45) is 0. The first-order chi connectivity index (χ1) is 14.2. The molecular formula is C26H24ClNO. The maximum absolute atomic E-state index is 6.21. The van der Waals surface area contributed by atoms with E-state index >= 15 is 0 Å². The topological polar surface area (TPSA) is 21.3 Å². The standard InChI is InChI=1S/C26H24ClNO/c1-19-6-8-20(9-7-19)16-28-17-25-24-5-3-2-4-22(24)12-15-26(25)29-18-21-10-13-23(27)14-11-21/h2-15,28H,16-18H2,1H3. The predicted molar refractivity (Wildman–Crippen MR) is 121 cm³/mol. The van der Waals surface area contributed by atoms with Crippen LogP contribution in [0.3, 0.4) is 0 Å². The zero-order valence-corrected chi connectivity index (χ0v) is 17.2. The van der Waals surface area contributed by atoms with Gasteiger partial charge in [0.05, 0.1) is 0 Å². The molecule has 0 saturated heterocycles. The molecule has 0 saturated carbocycles. The lowest BCUT2D eigenvalue weighted by atomic mass is 10.0. The van der Waals surface area contributed by atoms with Gasteiger partial charge in [-0.1, -0.05) is 83.9 Å². The van der Waals surface area contributed by atoms with E-state index in [1.807, 2.05) is 24.3 Å². The summed E-state index contributed by atoms with van der Waals surface area (Å²) in [7, 11) is 0. The third-order valence-corrected chi connectivity index (χ3v) is 5.31. The van der Waals surface area contributed by atoms with E-state index in [4.69, 9.17) is 16.3 Å². The zero-order chi connectivity index (χ0) is 20.1. The van der Waals surface area contributed by atoms with E-state index in [1.54, 1.807) is 0 Å². The van der Waals surface area contributed by atoms with E-state index in [1.165, 1.54) is 27.5 Å². The highest BCUT2D eigenvalue weighted by molar-refractivity contribution is 6.30. The fourth-order valence-electron chi connectivity index (χ4n) is 3.41. The van der Waals surface area contributed by atoms with Crippen LogP contribution in [0.4, 0.5) is 0 Å². The van der Waals surface area contributed by atoms with Crippen LogP contribution in [0.25, 0.3) is 10.8 Å². The number of aryl methyl sites for hydroxylation is 1. The van der Waals surface area contributed by atoms with E-state index in [2.05, 4.69) is 72.9 Å². The zero-order valence-electron chi connectivity index (χ0n) is 16.5. The minimum Gasteiger partial charge on any atom is -0.489 e. The van der Waals surface area contributed by atoms with Gasteiger partial charge in [0.25, 0.3) is 0 Å². The number of nitrogens with one attached hydrogen (secondary N) is 1. The van der Waals surface area contributed by atoms with E-state index in [0.29, 0.717) is 6.61 Å². The van der Waals surface area contributed by atoms with Crippen molar-refractivity contribution >= 4 is 22.4 Å². The van der Waals surface area contributed by atoms with Gasteiger partial charge in [0.15, 0.2) is 0 Å². The first-order valence-electron chi connectivity index (χ1n) is 9.83. The molecule has 0 bridgehead atoms. The minimum atomic E-state index is 0.514. The number of halogens is 1. The molecule has 3 heteroatoms. The third-order valence-electron chi connectivity index (χ3n) is 5.06. The summed E-state index contributed by atoms with van der Waals surface area (Å²) in [5.41, 5.74) is 4.84. The Kier molecular flexibility index (Phi) is 6.14. The summed E-state index contributed by atoms with van der Waals surface area (Å²) < 4.78 is 6.21. The van der Waals surface area contributed by atoms with Crippen molar-refractivity contribution in [1.82, 2.24) is 5.32 Å². The van der Waals surface area contributed by atoms with E-state index in [0.717, 1.165) is 29.4 Å². The number of hydrogen-bond donors (Lipinski definition) is 1. The van der Waals surface area contributed by atoms with Crippen LogP contribution in [0.15, 0.2) is 84.9 Å². The molecule has 4 aromatic carbocycles. The summed E-state index contributed by atoms with van der Waals surface area (Å²) in [5, 5.41) is 6.76. The molecule has 4 rings (SSSR count). The van der Waals surface area contributed by atoms with Crippen LogP contribution in [-0.2, 0) is 19.7 Å². The molecule has 0 unspecified atom stereocenters. The predicted octanol–water partition coefficient (Wildman–Crippen LogP) is 6.67. The van der Waals surface area contributed by atoms with Crippen LogP contribution in [0.2, 0.25) is 5.02 Å². The van der Waals surface area contributed by atoms with Gasteiger partial charge in [0.1, 0.15) is 12.4 Å². The largest absolute Gasteiger partial charge is 0.489 e. The molecule has 2 nitrogen and oxygen atoms in total. The summed E-state index contributed by atoms with van der Waals surface area (Å²) >= 11 is 5.99. The van der Waals surface area contributed by atoms with Crippen molar-refractivity contribution in [3.05, 3.63) is 112 Å². The molecule has 29 heavy (non-hydrogen) atoms. The lowest BCUT2D eigenvalue weighted by Gasteiger charge is -2.15. The van der Waals surface area contributed by atoms with Crippen LogP contribution in [0, 0.1) is 6.92 Å². The van der Waals surface area contributed by atoms with Crippen molar-refractivity contribution in [2.75, 3.05) is 0 Å². The average molecular weight is 402 g/mol. The highest BCUT2D eigenvalue weighted by Crippen LogP contribution is 2.29. The smallest absolute Gasteiger partial charge is 0.124 e. The Labute approximate surface area is 177 Å². The van der Waals surface area contributed by atoms with Crippen LogP contribution >= 0.6 is 11.6 Å². The molecule has 0 amide bonds. The number of hydrogen-bond acceptors (Lipinski definition) is 2. The molecule has 0 spiro atoms. The monoisotopic (exact) mass is 401 g/mol. The van der Waals surface area contributed by atoms with Gasteiger partial charge < -0.3 is 10.1 Å². The quantitative estimate of drug-likeness (QED) is 0.373. The van der Waals surface area contributed by atoms with Crippen molar-refractivity contribution in [3.63, 3.8) is 0 Å². The lowest BCUT2D eigenvalue weighted by molar-refractivity contribution is 0.302. The molecule has 0 fully saturated rings. The SMILES string of the molecule is Cc1ccc(CNCc2c(OCc3ccc(Cl)cc3)ccc3ccccc23)cc1. The molecule has 146 valence electrons. The lowest BCUT2D eigenvalue weighted by Crippen LogP contribution is -2.14. The van der Waals surface area contributed by atoms with Gasteiger partial charge >= 0.3 is 0 Å². The molecule has 0 aromatic heterocycles. The fourth-order valence-corrected chi connectivity index (χ4v) is 3.54. The Morgan fingerprint density at radius 1 is 0.759 bits per heavy atom. The van der Waals surface area contributed by atoms with E-state index in [-0.39, 0.29) is 0 Å². The Bertz CT molecular complexity index is 1090. The average Bonchev–Trinajstić information content (AvgIpc) is 2.75. The number of benzene rings is 4. The molecular weight excluding hydrogens is 378 g/mol. The fraction of sp³-hybridized carbons (Fsp3) is 0.154. The van der Waals surface area contributed by atoms with Crippen molar-refractivity contribution in [1.29, 1.82) is 0 Å². The molecule has 0 aliphatic rings. The van der Waals surface area contributed by atoms with Gasteiger partial charge in [-0.3, -0.25) is 0 Å². The number of ether oxygens (including phenoxy) is 1. The second kappa shape index (κ2) is 9.13. The summed E-state index contributed by atoms with van der Waals surface area (Å²) in [4.78, 5) is 0. The summed E-state index contributed by atoms with van der Waals surface area (Å²) in [5.74, 6) is 0.912. The molecule has 0 aliphatic heterocycles. The van der Waals surface area contributed by atoms with Crippen molar-refractivity contribution in [3.8, 4) is 5.75 Å². The van der Waals surface area contributed by atoms with Crippen LogP contribution in [0.5, 0.6) is 5.75 Å². The molecule has 0 heterocycles. The van der Waals surface area contributed by atoms with Crippen LogP contribution in [0.1, 0.15) is 22.3 Å². The Morgan fingerprint density at radius 2 is 1.48 bits per heavy atom. The van der Waals surface area contributed by atoms with E-state index < -0.39 is 0 Å². The molecule has 4 aromatic rings. The Morgan fingerprint density at radius 3 is 2.28 bits per heavy atom. The maximum Gasteiger partial charge on any atom is 0.124 e. The summed E-state index contributed by atoms with van der Waals surface area (Å²) in [6, 6.07) is 29.1. The summed E-state index contributed by atoms with van der Waals surface area (Å²) in [6.45, 7) is 4.18. The van der Waals surface area contributed by atoms with Crippen LogP contribution in [-0.4, -0.2) is 0 Å². The van der Waals surface area contributed by atoms with Crippen LogP contribution < -0.4 is 10.1 Å². The van der Waals surface area contributed by atoms with Gasteiger partial charge in [-0.15, -0.1) is 0 Å². The van der Waals surface area contributed by atoms with Gasteiger partial charge in [-0.2, -0.15) is 0 Å². The van der Waals surface area contributed by atoms with Gasteiger partial charge in [-0.25, -0.2) is 0 Å². The van der Waals surface area contributed by atoms with Crippen molar-refractivity contribution in [2.45, 2.75) is 26.6 Å². The first kappa shape index (κ1) is 19.5. The Balaban J connectivity index is 1.53. The first-order valence-corrected chi connectivity index (χ1v) is 10.2. The van der Waals surface area contributed by atoms with Gasteiger partial charge in [0, 0.05) is 23.7 Å². The third kappa shape index (κ3) is 4.97. The normalized spacial score (nSPS) is 11.0. The maximum atomic E-state index is 6.21. The minimum absolute atomic E-state index is 0.514. The second-order valence-electron chi connectivity index (χ2n) is 7.27.